The average Bonchev–Trinajstić information content (AvgIpc) is 2.26. The maximum Gasteiger partial charge on any atom is 0.323 e. The molecule has 1 heterocycles. The fraction of sp³-hybridized carbons (Fsp3) is 0.818. The molecule has 17 heavy (non-hydrogen) atoms. The van der Waals surface area contributed by atoms with Crippen molar-refractivity contribution in [3.63, 3.8) is 0 Å². The van der Waals surface area contributed by atoms with Gasteiger partial charge >= 0.3 is 5.97 Å². The van der Waals surface area contributed by atoms with Gasteiger partial charge in [0.05, 0.1) is 6.61 Å². The number of likely N-dealkylation sites (tertiary alicyclic amines) is 1. The number of aliphatic carboxylic acids is 1. The highest BCUT2D eigenvalue weighted by molar-refractivity contribution is 5.74. The van der Waals surface area contributed by atoms with E-state index in [4.69, 9.17) is 9.84 Å². The molecule has 98 valence electrons. The molecule has 1 amide bonds. The van der Waals surface area contributed by atoms with E-state index < -0.39 is 12.0 Å². The quantitative estimate of drug-likeness (QED) is 0.693. The van der Waals surface area contributed by atoms with Crippen LogP contribution in [0.15, 0.2) is 0 Å². The fourth-order valence-corrected chi connectivity index (χ4v) is 2.13. The van der Waals surface area contributed by atoms with Crippen LogP contribution in [0, 0.1) is 0 Å². The number of amides is 1. The van der Waals surface area contributed by atoms with E-state index in [2.05, 4.69) is 5.32 Å². The first-order chi connectivity index (χ1) is 8.04. The Morgan fingerprint density at radius 1 is 1.47 bits per heavy atom. The lowest BCUT2D eigenvalue weighted by Crippen LogP contribution is -2.51. The van der Waals surface area contributed by atoms with E-state index in [1.54, 1.807) is 0 Å². The number of methoxy groups -OCH3 is 1. The molecular formula is C11H20N2O4. The van der Waals surface area contributed by atoms with Crippen LogP contribution in [0.1, 0.15) is 19.8 Å². The van der Waals surface area contributed by atoms with Crippen molar-refractivity contribution in [1.29, 1.82) is 0 Å². The van der Waals surface area contributed by atoms with Gasteiger partial charge in [0.15, 0.2) is 0 Å². The van der Waals surface area contributed by atoms with Crippen molar-refractivity contribution in [1.82, 2.24) is 10.2 Å². The molecule has 2 N–H and O–H groups in total. The van der Waals surface area contributed by atoms with Crippen LogP contribution in [-0.2, 0) is 14.3 Å². The first kappa shape index (κ1) is 13.9. The molecule has 0 saturated carbocycles. The minimum atomic E-state index is -0.857. The summed E-state index contributed by atoms with van der Waals surface area (Å²) < 4.78 is 4.92. The third-order valence-corrected chi connectivity index (χ3v) is 2.99. The van der Waals surface area contributed by atoms with Gasteiger partial charge in [0.1, 0.15) is 6.04 Å². The summed E-state index contributed by atoms with van der Waals surface area (Å²) in [7, 11) is 1.50. The Balaban J connectivity index is 2.43. The van der Waals surface area contributed by atoms with Gasteiger partial charge in [0, 0.05) is 33.2 Å². The molecule has 1 rings (SSSR count). The zero-order chi connectivity index (χ0) is 12.8. The summed E-state index contributed by atoms with van der Waals surface area (Å²) in [5.41, 5.74) is 0. The fourth-order valence-electron chi connectivity index (χ4n) is 2.13. The number of hydrogen-bond donors (Lipinski definition) is 2. The van der Waals surface area contributed by atoms with Crippen LogP contribution in [-0.4, -0.2) is 60.8 Å². The standard InChI is InChI=1S/C11H20N2O4/c1-8(14)12-9-3-5-13(6-4-9)10(7-17-2)11(15)16/h9-10H,3-7H2,1-2H3,(H,12,14)(H,15,16). The number of nitrogens with zero attached hydrogens (tertiary/aromatic N) is 1. The normalized spacial score (nSPS) is 19.9. The van der Waals surface area contributed by atoms with Crippen molar-refractivity contribution in [3.8, 4) is 0 Å². The van der Waals surface area contributed by atoms with E-state index in [1.807, 2.05) is 4.90 Å². The van der Waals surface area contributed by atoms with E-state index >= 15 is 0 Å². The number of rotatable bonds is 5. The van der Waals surface area contributed by atoms with Crippen LogP contribution in [0.3, 0.4) is 0 Å². The molecule has 0 spiro atoms. The third-order valence-electron chi connectivity index (χ3n) is 2.99. The lowest BCUT2D eigenvalue weighted by molar-refractivity contribution is -0.146. The smallest absolute Gasteiger partial charge is 0.323 e. The zero-order valence-corrected chi connectivity index (χ0v) is 10.3. The SMILES string of the molecule is COCC(C(=O)O)N1CCC(NC(C)=O)CC1. The molecule has 0 bridgehead atoms. The van der Waals surface area contributed by atoms with Gasteiger partial charge in [-0.25, -0.2) is 0 Å². The van der Waals surface area contributed by atoms with Gasteiger partial charge in [-0.15, -0.1) is 0 Å². The summed E-state index contributed by atoms with van der Waals surface area (Å²) in [6.07, 6.45) is 1.57. The van der Waals surface area contributed by atoms with Crippen LogP contribution in [0.5, 0.6) is 0 Å². The third kappa shape index (κ3) is 4.32. The number of carbonyl (C=O) groups is 2. The van der Waals surface area contributed by atoms with E-state index in [1.165, 1.54) is 14.0 Å². The highest BCUT2D eigenvalue weighted by Gasteiger charge is 2.29. The molecule has 0 aromatic heterocycles. The Morgan fingerprint density at radius 2 is 2.06 bits per heavy atom. The predicted molar refractivity (Wildman–Crippen MR) is 61.7 cm³/mol. The van der Waals surface area contributed by atoms with Crippen molar-refractivity contribution < 1.29 is 19.4 Å². The van der Waals surface area contributed by atoms with Gasteiger partial charge in [-0.3, -0.25) is 14.5 Å². The molecule has 0 aromatic carbocycles. The van der Waals surface area contributed by atoms with Crippen molar-refractivity contribution in [2.45, 2.75) is 31.8 Å². The second-order valence-electron chi connectivity index (χ2n) is 4.32. The summed E-state index contributed by atoms with van der Waals surface area (Å²) in [5, 5.41) is 11.9. The highest BCUT2D eigenvalue weighted by atomic mass is 16.5. The number of ether oxygens (including phenoxy) is 1. The molecule has 6 nitrogen and oxygen atoms in total. The maximum atomic E-state index is 11.1. The van der Waals surface area contributed by atoms with Crippen LogP contribution in [0.25, 0.3) is 0 Å². The highest BCUT2D eigenvalue weighted by Crippen LogP contribution is 2.13. The van der Waals surface area contributed by atoms with Gasteiger partial charge in [-0.05, 0) is 12.8 Å². The number of carbonyl (C=O) groups excluding carboxylic acids is 1. The van der Waals surface area contributed by atoms with Gasteiger partial charge in [-0.1, -0.05) is 0 Å². The number of hydrogen-bond acceptors (Lipinski definition) is 4. The molecule has 1 aliphatic rings. The van der Waals surface area contributed by atoms with Crippen molar-refractivity contribution in [2.75, 3.05) is 26.8 Å². The van der Waals surface area contributed by atoms with Gasteiger partial charge in [-0.2, -0.15) is 0 Å². The van der Waals surface area contributed by atoms with E-state index in [-0.39, 0.29) is 18.6 Å². The minimum Gasteiger partial charge on any atom is -0.480 e. The Morgan fingerprint density at radius 3 is 2.47 bits per heavy atom. The summed E-state index contributed by atoms with van der Waals surface area (Å²) in [4.78, 5) is 23.8. The van der Waals surface area contributed by atoms with Crippen LogP contribution in [0.4, 0.5) is 0 Å². The van der Waals surface area contributed by atoms with E-state index in [0.29, 0.717) is 13.1 Å². The van der Waals surface area contributed by atoms with Gasteiger partial charge in [0.25, 0.3) is 0 Å². The molecule has 1 atom stereocenters. The average molecular weight is 244 g/mol. The molecule has 0 aromatic rings. The molecule has 1 unspecified atom stereocenters. The molecular weight excluding hydrogens is 224 g/mol. The molecule has 0 radical (unpaired) electrons. The minimum absolute atomic E-state index is 0.0323. The number of nitrogens with one attached hydrogen (secondary N) is 1. The summed E-state index contributed by atoms with van der Waals surface area (Å²) in [6.45, 7) is 3.04. The van der Waals surface area contributed by atoms with Crippen molar-refractivity contribution in [3.05, 3.63) is 0 Å². The molecule has 0 aliphatic carbocycles. The topological polar surface area (TPSA) is 78.9 Å². The predicted octanol–water partition coefficient (Wildman–Crippen LogP) is -0.313. The lowest BCUT2D eigenvalue weighted by atomic mass is 10.0. The van der Waals surface area contributed by atoms with Crippen LogP contribution >= 0.6 is 0 Å². The molecule has 1 saturated heterocycles. The first-order valence-corrected chi connectivity index (χ1v) is 5.77. The Kier molecular flexibility index (Phi) is 5.37. The number of piperidine rings is 1. The first-order valence-electron chi connectivity index (χ1n) is 5.77. The van der Waals surface area contributed by atoms with Gasteiger partial charge < -0.3 is 15.2 Å². The van der Waals surface area contributed by atoms with E-state index in [0.717, 1.165) is 12.8 Å². The Bertz CT molecular complexity index is 275. The largest absolute Gasteiger partial charge is 0.480 e. The molecule has 6 heteroatoms. The molecule has 1 fully saturated rings. The number of carboxylic acid groups (broad SMARTS) is 1. The molecule has 1 aliphatic heterocycles. The van der Waals surface area contributed by atoms with Crippen molar-refractivity contribution in [2.24, 2.45) is 0 Å². The second kappa shape index (κ2) is 6.56. The Hall–Kier alpha value is -1.14. The summed E-state index contributed by atoms with van der Waals surface area (Å²) in [5.74, 6) is -0.889. The number of carboxylic acids is 1. The van der Waals surface area contributed by atoms with Gasteiger partial charge in [0.2, 0.25) is 5.91 Å². The maximum absolute atomic E-state index is 11.1. The summed E-state index contributed by atoms with van der Waals surface area (Å²) >= 11 is 0. The monoisotopic (exact) mass is 244 g/mol. The Labute approximate surface area is 101 Å². The summed E-state index contributed by atoms with van der Waals surface area (Å²) in [6, 6.07) is -0.418. The van der Waals surface area contributed by atoms with Crippen LogP contribution < -0.4 is 5.32 Å². The lowest BCUT2D eigenvalue weighted by Gasteiger charge is -2.35. The van der Waals surface area contributed by atoms with Crippen LogP contribution in [0.2, 0.25) is 0 Å². The zero-order valence-electron chi connectivity index (χ0n) is 10.3. The van der Waals surface area contributed by atoms with E-state index in [9.17, 15) is 9.59 Å². The second-order valence-corrected chi connectivity index (χ2v) is 4.32. The van der Waals surface area contributed by atoms with Crippen molar-refractivity contribution >= 4 is 11.9 Å².